The molecule has 2 aliphatic heterocycles. The highest BCUT2D eigenvalue weighted by atomic mass is 16.6. The van der Waals surface area contributed by atoms with E-state index < -0.39 is 5.97 Å². The number of ether oxygens (including phenoxy) is 3. The van der Waals surface area contributed by atoms with Gasteiger partial charge in [-0.25, -0.2) is 4.79 Å². The summed E-state index contributed by atoms with van der Waals surface area (Å²) < 4.78 is 16.7. The van der Waals surface area contributed by atoms with Gasteiger partial charge in [-0.3, -0.25) is 0 Å². The number of esters is 1. The normalized spacial score (nSPS) is 20.1. The van der Waals surface area contributed by atoms with E-state index in [1.54, 1.807) is 6.07 Å². The fourth-order valence-electron chi connectivity index (χ4n) is 4.17. The van der Waals surface area contributed by atoms with E-state index in [1.807, 2.05) is 30.3 Å². The molecule has 4 rings (SSSR count). The lowest BCUT2D eigenvalue weighted by molar-refractivity contribution is -0.142. The Morgan fingerprint density at radius 3 is 2.82 bits per heavy atom. The lowest BCUT2D eigenvalue weighted by atomic mass is 9.75. The van der Waals surface area contributed by atoms with Crippen LogP contribution >= 0.6 is 0 Å². The van der Waals surface area contributed by atoms with Crippen LogP contribution in [0.4, 0.5) is 0 Å². The molecule has 28 heavy (non-hydrogen) atoms. The lowest BCUT2D eigenvalue weighted by Gasteiger charge is -2.45. The van der Waals surface area contributed by atoms with Crippen molar-refractivity contribution in [1.82, 2.24) is 5.32 Å². The molecule has 1 saturated heterocycles. The molecule has 0 saturated carbocycles. The third-order valence-electron chi connectivity index (χ3n) is 5.63. The summed E-state index contributed by atoms with van der Waals surface area (Å²) in [5.74, 6) is 1.33. The number of carbonyl (C=O) groups excluding carboxylic acids is 1. The van der Waals surface area contributed by atoms with E-state index in [4.69, 9.17) is 9.47 Å². The van der Waals surface area contributed by atoms with Crippen molar-refractivity contribution in [3.8, 4) is 17.2 Å². The molecule has 0 aromatic heterocycles. The van der Waals surface area contributed by atoms with Crippen LogP contribution in [0, 0.1) is 0 Å². The Labute approximate surface area is 164 Å². The van der Waals surface area contributed by atoms with Crippen LogP contribution in [0.15, 0.2) is 42.5 Å². The molecule has 6 heteroatoms. The van der Waals surface area contributed by atoms with Crippen LogP contribution in [0.2, 0.25) is 0 Å². The number of nitrogens with one attached hydrogen (secondary N) is 1. The van der Waals surface area contributed by atoms with Crippen molar-refractivity contribution in [1.29, 1.82) is 0 Å². The van der Waals surface area contributed by atoms with Crippen LogP contribution in [-0.2, 0) is 9.53 Å². The zero-order valence-corrected chi connectivity index (χ0v) is 15.9. The van der Waals surface area contributed by atoms with Gasteiger partial charge in [0.2, 0.25) is 0 Å². The summed E-state index contributed by atoms with van der Waals surface area (Å²) in [4.78, 5) is 11.4. The van der Waals surface area contributed by atoms with Gasteiger partial charge in [-0.15, -0.1) is 0 Å². The SMILES string of the molecule is COC(=O)COc1ccc2c(c1)OC1(CCNCC1)CC2c1cccc(O)c1. The van der Waals surface area contributed by atoms with Crippen molar-refractivity contribution in [3.63, 3.8) is 0 Å². The van der Waals surface area contributed by atoms with Crippen molar-refractivity contribution >= 4 is 5.97 Å². The van der Waals surface area contributed by atoms with E-state index in [0.717, 1.165) is 49.2 Å². The first kappa shape index (κ1) is 18.6. The number of phenols is 1. The second-order valence-corrected chi connectivity index (χ2v) is 7.45. The summed E-state index contributed by atoms with van der Waals surface area (Å²) in [7, 11) is 1.34. The number of piperidine rings is 1. The van der Waals surface area contributed by atoms with Crippen LogP contribution in [-0.4, -0.2) is 43.5 Å². The van der Waals surface area contributed by atoms with Gasteiger partial charge in [-0.05, 0) is 56.1 Å². The molecule has 2 aromatic carbocycles. The molecule has 0 bridgehead atoms. The number of aromatic hydroxyl groups is 1. The first-order valence-corrected chi connectivity index (χ1v) is 9.61. The summed E-state index contributed by atoms with van der Waals surface area (Å²) in [6.45, 7) is 1.70. The van der Waals surface area contributed by atoms with Gasteiger partial charge in [0.15, 0.2) is 6.61 Å². The van der Waals surface area contributed by atoms with Crippen LogP contribution in [0.5, 0.6) is 17.2 Å². The summed E-state index contributed by atoms with van der Waals surface area (Å²) >= 11 is 0. The Kier molecular flexibility index (Phi) is 5.13. The second-order valence-electron chi connectivity index (χ2n) is 7.45. The average molecular weight is 383 g/mol. The van der Waals surface area contributed by atoms with E-state index in [9.17, 15) is 9.90 Å². The molecule has 1 fully saturated rings. The van der Waals surface area contributed by atoms with E-state index in [0.29, 0.717) is 5.75 Å². The highest BCUT2D eigenvalue weighted by Gasteiger charge is 2.42. The first-order valence-electron chi connectivity index (χ1n) is 9.61. The van der Waals surface area contributed by atoms with Gasteiger partial charge in [0.05, 0.1) is 7.11 Å². The van der Waals surface area contributed by atoms with Crippen LogP contribution in [0.1, 0.15) is 36.3 Å². The number of hydrogen-bond acceptors (Lipinski definition) is 6. The Hall–Kier alpha value is -2.73. The fraction of sp³-hybridized carbons (Fsp3) is 0.409. The molecule has 2 heterocycles. The minimum Gasteiger partial charge on any atom is -0.508 e. The molecular weight excluding hydrogens is 358 g/mol. The Balaban J connectivity index is 1.69. The topological polar surface area (TPSA) is 77.0 Å². The largest absolute Gasteiger partial charge is 0.508 e. The van der Waals surface area contributed by atoms with E-state index in [1.165, 1.54) is 7.11 Å². The average Bonchev–Trinajstić information content (AvgIpc) is 2.71. The van der Waals surface area contributed by atoms with Gasteiger partial charge < -0.3 is 24.6 Å². The van der Waals surface area contributed by atoms with Crippen LogP contribution < -0.4 is 14.8 Å². The number of hydrogen-bond donors (Lipinski definition) is 2. The zero-order valence-electron chi connectivity index (χ0n) is 15.9. The number of fused-ring (bicyclic) bond motifs is 1. The molecule has 2 aliphatic rings. The second kappa shape index (κ2) is 7.72. The van der Waals surface area contributed by atoms with Gasteiger partial charge in [-0.1, -0.05) is 18.2 Å². The molecule has 148 valence electrons. The molecule has 6 nitrogen and oxygen atoms in total. The first-order chi connectivity index (χ1) is 13.6. The van der Waals surface area contributed by atoms with Crippen LogP contribution in [0.25, 0.3) is 0 Å². The quantitative estimate of drug-likeness (QED) is 0.791. The third-order valence-corrected chi connectivity index (χ3v) is 5.63. The standard InChI is InChI=1S/C22H25NO5/c1-26-21(25)14-27-17-5-6-18-19(15-3-2-4-16(24)11-15)13-22(28-20(18)12-17)7-9-23-10-8-22/h2-6,11-12,19,23-24H,7-10,13-14H2,1H3. The lowest BCUT2D eigenvalue weighted by Crippen LogP contribution is -2.49. The highest BCUT2D eigenvalue weighted by molar-refractivity contribution is 5.70. The van der Waals surface area contributed by atoms with E-state index in [-0.39, 0.29) is 23.9 Å². The third kappa shape index (κ3) is 3.78. The van der Waals surface area contributed by atoms with Gasteiger partial charge >= 0.3 is 5.97 Å². The minimum absolute atomic E-state index is 0.128. The van der Waals surface area contributed by atoms with Crippen molar-refractivity contribution in [2.75, 3.05) is 26.8 Å². The Morgan fingerprint density at radius 2 is 2.07 bits per heavy atom. The maximum Gasteiger partial charge on any atom is 0.343 e. The number of methoxy groups -OCH3 is 1. The van der Waals surface area contributed by atoms with Crippen molar-refractivity contribution in [3.05, 3.63) is 53.6 Å². The highest BCUT2D eigenvalue weighted by Crippen LogP contribution is 2.48. The van der Waals surface area contributed by atoms with E-state index in [2.05, 4.69) is 16.1 Å². The van der Waals surface area contributed by atoms with Gasteiger partial charge in [0.1, 0.15) is 22.8 Å². The molecule has 2 aromatic rings. The predicted octanol–water partition coefficient (Wildman–Crippen LogP) is 2.98. The van der Waals surface area contributed by atoms with Gasteiger partial charge in [-0.2, -0.15) is 0 Å². The molecule has 2 N–H and O–H groups in total. The summed E-state index contributed by atoms with van der Waals surface area (Å²) in [6.07, 6.45) is 2.72. The Morgan fingerprint density at radius 1 is 1.25 bits per heavy atom. The molecule has 0 amide bonds. The predicted molar refractivity (Wildman–Crippen MR) is 104 cm³/mol. The zero-order chi connectivity index (χ0) is 19.6. The number of benzene rings is 2. The summed E-state index contributed by atoms with van der Waals surface area (Å²) in [5, 5.41) is 13.4. The molecule has 1 spiro atoms. The maximum atomic E-state index is 11.4. The molecule has 1 unspecified atom stereocenters. The van der Waals surface area contributed by atoms with Gasteiger partial charge in [0, 0.05) is 17.5 Å². The van der Waals surface area contributed by atoms with Gasteiger partial charge in [0.25, 0.3) is 0 Å². The molecular formula is C22H25NO5. The monoisotopic (exact) mass is 383 g/mol. The van der Waals surface area contributed by atoms with Crippen molar-refractivity contribution in [2.45, 2.75) is 30.8 Å². The maximum absolute atomic E-state index is 11.4. The summed E-state index contributed by atoms with van der Waals surface area (Å²) in [6, 6.07) is 13.1. The number of rotatable bonds is 4. The molecule has 1 atom stereocenters. The van der Waals surface area contributed by atoms with Crippen molar-refractivity contribution in [2.24, 2.45) is 0 Å². The smallest absolute Gasteiger partial charge is 0.343 e. The van der Waals surface area contributed by atoms with Crippen molar-refractivity contribution < 1.29 is 24.1 Å². The summed E-state index contributed by atoms with van der Waals surface area (Å²) in [5.41, 5.74) is 1.90. The van der Waals surface area contributed by atoms with E-state index >= 15 is 0 Å². The molecule has 0 aliphatic carbocycles. The molecule has 0 radical (unpaired) electrons. The Bertz CT molecular complexity index is 860. The van der Waals surface area contributed by atoms with Crippen LogP contribution in [0.3, 0.4) is 0 Å². The minimum atomic E-state index is -0.425. The fourth-order valence-corrected chi connectivity index (χ4v) is 4.17. The number of carbonyl (C=O) groups is 1. The number of phenolic OH excluding ortho intramolecular Hbond substituents is 1.